The van der Waals surface area contributed by atoms with Crippen LogP contribution in [0, 0.1) is 13.8 Å². The molecule has 178 valence electrons. The molecule has 1 N–H and O–H groups in total. The van der Waals surface area contributed by atoms with Crippen molar-refractivity contribution in [2.24, 2.45) is 7.05 Å². The van der Waals surface area contributed by atoms with E-state index in [1.807, 2.05) is 45.9 Å². The van der Waals surface area contributed by atoms with Crippen molar-refractivity contribution < 1.29 is 9.84 Å². The van der Waals surface area contributed by atoms with Crippen LogP contribution in [0.25, 0.3) is 10.9 Å². The zero-order chi connectivity index (χ0) is 24.2. The van der Waals surface area contributed by atoms with Gasteiger partial charge >= 0.3 is 0 Å². The van der Waals surface area contributed by atoms with Crippen LogP contribution in [-0.4, -0.2) is 49.3 Å². The average molecular weight is 499 g/mol. The van der Waals surface area contributed by atoms with E-state index in [0.29, 0.717) is 27.4 Å². The van der Waals surface area contributed by atoms with Gasteiger partial charge < -0.3 is 14.7 Å². The average Bonchev–Trinajstić information content (AvgIpc) is 3.33. The van der Waals surface area contributed by atoms with E-state index in [9.17, 15) is 5.11 Å². The van der Waals surface area contributed by atoms with Crippen molar-refractivity contribution in [1.29, 1.82) is 0 Å². The quantitative estimate of drug-likeness (QED) is 0.422. The summed E-state index contributed by atoms with van der Waals surface area (Å²) in [5.41, 5.74) is 1.16. The molecule has 8 nitrogen and oxygen atoms in total. The van der Waals surface area contributed by atoms with Gasteiger partial charge in [-0.05, 0) is 51.8 Å². The molecule has 0 saturated carbocycles. The Bertz CT molecular complexity index is 1380. The highest BCUT2D eigenvalue weighted by molar-refractivity contribution is 7.11. The van der Waals surface area contributed by atoms with E-state index in [4.69, 9.17) is 21.3 Å². The molecule has 1 saturated heterocycles. The second-order valence-corrected chi connectivity index (χ2v) is 10.5. The fraction of sp³-hybridized carbons (Fsp3) is 0.417. The third-order valence-electron chi connectivity index (χ3n) is 6.11. The van der Waals surface area contributed by atoms with Crippen LogP contribution in [0.2, 0.25) is 5.02 Å². The standard InChI is InChI=1S/C24H27ClN6O2S/c1-13(2)33-21-20(25)17-11-16(7-8-18(17)28-23(21)31-9-6-10-31)24(32,19-12-26-29-30(19)5)22-14(3)27-15(4)34-22/h7-8,11-13,32H,6,9-10H2,1-5H3/t24-/m0/s1. The number of aliphatic hydroxyl groups is 1. The van der Waals surface area contributed by atoms with Crippen LogP contribution < -0.4 is 9.64 Å². The molecular formula is C24H27ClN6O2S. The molecule has 10 heteroatoms. The summed E-state index contributed by atoms with van der Waals surface area (Å²) in [6.07, 6.45) is 2.65. The number of nitrogens with zero attached hydrogens (tertiary/aromatic N) is 6. The molecule has 1 atom stereocenters. The second-order valence-electron chi connectivity index (χ2n) is 8.92. The first-order chi connectivity index (χ1) is 16.2. The number of fused-ring (bicyclic) bond motifs is 1. The van der Waals surface area contributed by atoms with Crippen molar-refractivity contribution in [3.8, 4) is 5.75 Å². The number of hydrogen-bond acceptors (Lipinski definition) is 8. The third-order valence-corrected chi connectivity index (χ3v) is 7.66. The van der Waals surface area contributed by atoms with Crippen molar-refractivity contribution in [2.45, 2.75) is 45.8 Å². The Balaban J connectivity index is 1.75. The molecule has 0 bridgehead atoms. The van der Waals surface area contributed by atoms with Crippen LogP contribution in [0.3, 0.4) is 0 Å². The zero-order valence-electron chi connectivity index (χ0n) is 19.8. The molecule has 0 unspecified atom stereocenters. The lowest BCUT2D eigenvalue weighted by atomic mass is 9.87. The highest BCUT2D eigenvalue weighted by atomic mass is 35.5. The molecule has 1 aliphatic rings. The summed E-state index contributed by atoms with van der Waals surface area (Å²) in [4.78, 5) is 12.4. The maximum absolute atomic E-state index is 12.3. The van der Waals surface area contributed by atoms with Gasteiger partial charge in [-0.15, -0.1) is 16.4 Å². The molecule has 0 spiro atoms. The Hall–Kier alpha value is -2.75. The monoisotopic (exact) mass is 498 g/mol. The minimum Gasteiger partial charge on any atom is -0.486 e. The molecule has 1 aliphatic heterocycles. The second kappa shape index (κ2) is 8.48. The van der Waals surface area contributed by atoms with Crippen LogP contribution >= 0.6 is 22.9 Å². The first kappa shape index (κ1) is 23.0. The molecule has 0 aliphatic carbocycles. The van der Waals surface area contributed by atoms with Crippen LogP contribution in [-0.2, 0) is 12.6 Å². The third kappa shape index (κ3) is 3.62. The maximum atomic E-state index is 12.3. The number of halogens is 1. The lowest BCUT2D eigenvalue weighted by Crippen LogP contribution is -2.38. The van der Waals surface area contributed by atoms with E-state index in [-0.39, 0.29) is 6.10 Å². The van der Waals surface area contributed by atoms with Gasteiger partial charge in [0.1, 0.15) is 5.69 Å². The number of hydrogen-bond donors (Lipinski definition) is 1. The van der Waals surface area contributed by atoms with E-state index in [2.05, 4.69) is 20.2 Å². The van der Waals surface area contributed by atoms with Crippen molar-refractivity contribution in [2.75, 3.05) is 18.0 Å². The molecule has 1 fully saturated rings. The number of thiazole rings is 1. The first-order valence-electron chi connectivity index (χ1n) is 11.3. The summed E-state index contributed by atoms with van der Waals surface area (Å²) < 4.78 is 7.72. The minimum absolute atomic E-state index is 0.0553. The molecule has 34 heavy (non-hydrogen) atoms. The highest BCUT2D eigenvalue weighted by Gasteiger charge is 2.41. The van der Waals surface area contributed by atoms with Gasteiger partial charge in [-0.25, -0.2) is 14.6 Å². The Morgan fingerprint density at radius 2 is 1.97 bits per heavy atom. The summed E-state index contributed by atoms with van der Waals surface area (Å²) >= 11 is 8.41. The SMILES string of the molecule is Cc1nc(C)c([C@](O)(c2ccc3nc(N4CCC4)c(OC(C)C)c(Cl)c3c2)c2cnnn2C)s1. The number of benzene rings is 1. The first-order valence-corrected chi connectivity index (χ1v) is 12.5. The smallest absolute Gasteiger partial charge is 0.181 e. The predicted molar refractivity (Wildman–Crippen MR) is 134 cm³/mol. The van der Waals surface area contributed by atoms with Crippen LogP contribution in [0.15, 0.2) is 24.4 Å². The zero-order valence-corrected chi connectivity index (χ0v) is 21.4. The van der Waals surface area contributed by atoms with Crippen molar-refractivity contribution in [1.82, 2.24) is 25.0 Å². The Kier molecular flexibility index (Phi) is 5.74. The molecule has 3 aromatic heterocycles. The van der Waals surface area contributed by atoms with Crippen molar-refractivity contribution >= 4 is 39.7 Å². The van der Waals surface area contributed by atoms with Gasteiger partial charge in [0.2, 0.25) is 0 Å². The van der Waals surface area contributed by atoms with E-state index in [1.54, 1.807) is 17.9 Å². The lowest BCUT2D eigenvalue weighted by molar-refractivity contribution is 0.119. The Morgan fingerprint density at radius 1 is 1.21 bits per heavy atom. The van der Waals surface area contributed by atoms with Crippen LogP contribution in [0.4, 0.5) is 5.82 Å². The molecular weight excluding hydrogens is 472 g/mol. The Labute approximate surface area is 207 Å². The maximum Gasteiger partial charge on any atom is 0.181 e. The number of aryl methyl sites for hydroxylation is 3. The van der Waals surface area contributed by atoms with E-state index >= 15 is 0 Å². The number of pyridine rings is 1. The van der Waals surface area contributed by atoms with Gasteiger partial charge in [0.15, 0.2) is 17.2 Å². The minimum atomic E-state index is -1.51. The fourth-order valence-electron chi connectivity index (χ4n) is 4.38. The molecule has 1 aromatic carbocycles. The van der Waals surface area contributed by atoms with Gasteiger partial charge in [-0.3, -0.25) is 0 Å². The van der Waals surface area contributed by atoms with Crippen LogP contribution in [0.1, 0.15) is 47.1 Å². The Morgan fingerprint density at radius 3 is 2.53 bits per heavy atom. The van der Waals surface area contributed by atoms with Crippen LogP contribution in [0.5, 0.6) is 5.75 Å². The summed E-state index contributed by atoms with van der Waals surface area (Å²) in [6.45, 7) is 9.63. The van der Waals surface area contributed by atoms with E-state index in [1.165, 1.54) is 11.3 Å². The summed E-state index contributed by atoms with van der Waals surface area (Å²) in [7, 11) is 1.76. The van der Waals surface area contributed by atoms with Gasteiger partial charge in [-0.2, -0.15) is 0 Å². The lowest BCUT2D eigenvalue weighted by Gasteiger charge is -2.34. The van der Waals surface area contributed by atoms with Gasteiger partial charge in [0.05, 0.1) is 38.4 Å². The molecule has 0 radical (unpaired) electrons. The van der Waals surface area contributed by atoms with Crippen molar-refractivity contribution in [3.63, 3.8) is 0 Å². The fourth-order valence-corrected chi connectivity index (χ4v) is 5.70. The van der Waals surface area contributed by atoms with E-state index in [0.717, 1.165) is 46.4 Å². The largest absolute Gasteiger partial charge is 0.486 e. The summed E-state index contributed by atoms with van der Waals surface area (Å²) in [5, 5.41) is 22.5. The molecule has 4 heterocycles. The number of rotatable bonds is 6. The predicted octanol–water partition coefficient (Wildman–Crippen LogP) is 4.37. The number of ether oxygens (including phenoxy) is 1. The number of anilines is 1. The summed E-state index contributed by atoms with van der Waals surface area (Å²) in [6, 6.07) is 5.67. The van der Waals surface area contributed by atoms with E-state index < -0.39 is 5.60 Å². The van der Waals surface area contributed by atoms with Gasteiger partial charge in [-0.1, -0.05) is 22.9 Å². The molecule has 5 rings (SSSR count). The topological polar surface area (TPSA) is 89.2 Å². The van der Waals surface area contributed by atoms with Crippen molar-refractivity contribution in [3.05, 3.63) is 56.3 Å². The normalized spacial score (nSPS) is 15.6. The molecule has 0 amide bonds. The highest BCUT2D eigenvalue weighted by Crippen LogP contribution is 2.45. The van der Waals surface area contributed by atoms with Gasteiger partial charge in [0.25, 0.3) is 0 Å². The molecule has 4 aromatic rings. The van der Waals surface area contributed by atoms with Gasteiger partial charge in [0, 0.05) is 25.5 Å². The summed E-state index contributed by atoms with van der Waals surface area (Å²) in [5.74, 6) is 1.35. The number of aromatic nitrogens is 5.